The van der Waals surface area contributed by atoms with Crippen molar-refractivity contribution < 1.29 is 19.7 Å². The topological polar surface area (TPSA) is 70.0 Å². The standard InChI is InChI=1S/C16H23NO4/c18-11-4-9-17(13-5-3-6-13)10-12-21-15-8-2-1-7-14(15)16(19)20/h1-2,7-8,13,18H,3-6,9-12H2,(H,19,20). The zero-order valence-electron chi connectivity index (χ0n) is 12.2. The van der Waals surface area contributed by atoms with Gasteiger partial charge in [-0.15, -0.1) is 0 Å². The minimum Gasteiger partial charge on any atom is -0.491 e. The van der Waals surface area contributed by atoms with E-state index in [9.17, 15) is 4.79 Å². The molecule has 0 bridgehead atoms. The Labute approximate surface area is 125 Å². The average Bonchev–Trinajstić information content (AvgIpc) is 2.43. The van der Waals surface area contributed by atoms with Gasteiger partial charge in [-0.1, -0.05) is 18.6 Å². The van der Waals surface area contributed by atoms with Crippen LogP contribution in [-0.2, 0) is 0 Å². The fourth-order valence-electron chi connectivity index (χ4n) is 2.54. The quantitative estimate of drug-likeness (QED) is 0.729. The van der Waals surface area contributed by atoms with Crippen molar-refractivity contribution >= 4 is 5.97 Å². The van der Waals surface area contributed by atoms with E-state index in [4.69, 9.17) is 14.9 Å². The van der Waals surface area contributed by atoms with Crippen molar-refractivity contribution in [1.82, 2.24) is 4.90 Å². The fourth-order valence-corrected chi connectivity index (χ4v) is 2.54. The Kier molecular flexibility index (Phi) is 6.02. The highest BCUT2D eigenvalue weighted by molar-refractivity contribution is 5.90. The molecule has 1 aliphatic carbocycles. The molecule has 21 heavy (non-hydrogen) atoms. The summed E-state index contributed by atoms with van der Waals surface area (Å²) in [5.41, 5.74) is 0.197. The largest absolute Gasteiger partial charge is 0.491 e. The smallest absolute Gasteiger partial charge is 0.339 e. The maximum Gasteiger partial charge on any atom is 0.339 e. The number of carboxylic acid groups (broad SMARTS) is 1. The molecule has 1 aliphatic rings. The number of rotatable bonds is 9. The molecule has 0 aromatic heterocycles. The van der Waals surface area contributed by atoms with Gasteiger partial charge in [0.15, 0.2) is 0 Å². The van der Waals surface area contributed by atoms with Gasteiger partial charge in [0.25, 0.3) is 0 Å². The van der Waals surface area contributed by atoms with Gasteiger partial charge in [-0.05, 0) is 31.4 Å². The molecule has 0 atom stereocenters. The number of ether oxygens (including phenoxy) is 1. The van der Waals surface area contributed by atoms with E-state index in [-0.39, 0.29) is 12.2 Å². The monoisotopic (exact) mass is 293 g/mol. The minimum absolute atomic E-state index is 0.197. The molecule has 0 spiro atoms. The van der Waals surface area contributed by atoms with Crippen LogP contribution in [0.25, 0.3) is 0 Å². The Morgan fingerprint density at radius 3 is 2.67 bits per heavy atom. The predicted molar refractivity (Wildman–Crippen MR) is 79.8 cm³/mol. The lowest BCUT2D eigenvalue weighted by molar-refractivity contribution is 0.0688. The average molecular weight is 293 g/mol. The first kappa shape index (κ1) is 15.8. The number of hydrogen-bond donors (Lipinski definition) is 2. The number of nitrogens with zero attached hydrogens (tertiary/aromatic N) is 1. The lowest BCUT2D eigenvalue weighted by Crippen LogP contribution is -2.43. The van der Waals surface area contributed by atoms with Gasteiger partial charge in [0.1, 0.15) is 17.9 Å². The van der Waals surface area contributed by atoms with Gasteiger partial charge in [-0.3, -0.25) is 4.90 Å². The Bertz CT molecular complexity index is 459. The number of hydrogen-bond acceptors (Lipinski definition) is 4. The van der Waals surface area contributed by atoms with Crippen LogP contribution in [0.4, 0.5) is 0 Å². The molecule has 2 rings (SSSR count). The summed E-state index contributed by atoms with van der Waals surface area (Å²) in [7, 11) is 0. The van der Waals surface area contributed by atoms with Crippen LogP contribution in [0.5, 0.6) is 5.75 Å². The van der Waals surface area contributed by atoms with E-state index in [0.29, 0.717) is 18.4 Å². The maximum atomic E-state index is 11.1. The summed E-state index contributed by atoms with van der Waals surface area (Å²) < 4.78 is 5.64. The highest BCUT2D eigenvalue weighted by atomic mass is 16.5. The fraction of sp³-hybridized carbons (Fsp3) is 0.562. The number of aromatic carboxylic acids is 1. The second-order valence-electron chi connectivity index (χ2n) is 5.35. The second-order valence-corrected chi connectivity index (χ2v) is 5.35. The van der Waals surface area contributed by atoms with E-state index in [1.807, 2.05) is 0 Å². The Morgan fingerprint density at radius 1 is 1.29 bits per heavy atom. The second kappa shape index (κ2) is 8.00. The van der Waals surface area contributed by atoms with Crippen LogP contribution in [0.1, 0.15) is 36.0 Å². The zero-order chi connectivity index (χ0) is 15.1. The summed E-state index contributed by atoms with van der Waals surface area (Å²) in [5.74, 6) is -0.553. The predicted octanol–water partition coefficient (Wildman–Crippen LogP) is 2.00. The highest BCUT2D eigenvalue weighted by Crippen LogP contribution is 2.25. The van der Waals surface area contributed by atoms with Crippen molar-refractivity contribution in [3.63, 3.8) is 0 Å². The molecule has 5 nitrogen and oxygen atoms in total. The lowest BCUT2D eigenvalue weighted by Gasteiger charge is -2.37. The van der Waals surface area contributed by atoms with E-state index in [0.717, 1.165) is 19.5 Å². The van der Waals surface area contributed by atoms with E-state index >= 15 is 0 Å². The van der Waals surface area contributed by atoms with E-state index in [1.165, 1.54) is 19.3 Å². The number of para-hydroxylation sites is 1. The molecule has 0 saturated heterocycles. The van der Waals surface area contributed by atoms with E-state index < -0.39 is 5.97 Å². The first-order chi connectivity index (χ1) is 10.2. The highest BCUT2D eigenvalue weighted by Gasteiger charge is 2.24. The molecule has 1 saturated carbocycles. The molecule has 0 amide bonds. The molecular formula is C16H23NO4. The molecule has 1 aromatic rings. The Hall–Kier alpha value is -1.59. The van der Waals surface area contributed by atoms with Crippen LogP contribution in [0.3, 0.4) is 0 Å². The molecular weight excluding hydrogens is 270 g/mol. The molecule has 1 aromatic carbocycles. The molecule has 0 aliphatic heterocycles. The summed E-state index contributed by atoms with van der Waals surface area (Å²) in [6.45, 7) is 2.29. The van der Waals surface area contributed by atoms with Gasteiger partial charge in [0.2, 0.25) is 0 Å². The van der Waals surface area contributed by atoms with Crippen molar-refractivity contribution in [1.29, 1.82) is 0 Å². The molecule has 0 unspecified atom stereocenters. The normalized spacial score (nSPS) is 15.0. The van der Waals surface area contributed by atoms with Gasteiger partial charge in [-0.25, -0.2) is 4.79 Å². The van der Waals surface area contributed by atoms with Gasteiger partial charge in [-0.2, -0.15) is 0 Å². The van der Waals surface area contributed by atoms with Crippen LogP contribution in [0.15, 0.2) is 24.3 Å². The number of aliphatic hydroxyl groups is 1. The van der Waals surface area contributed by atoms with E-state index in [1.54, 1.807) is 24.3 Å². The Morgan fingerprint density at radius 2 is 2.05 bits per heavy atom. The molecule has 0 radical (unpaired) electrons. The van der Waals surface area contributed by atoms with Gasteiger partial charge in [0.05, 0.1) is 0 Å². The third kappa shape index (κ3) is 4.44. The van der Waals surface area contributed by atoms with Gasteiger partial charge in [0, 0.05) is 25.7 Å². The van der Waals surface area contributed by atoms with Crippen LogP contribution in [-0.4, -0.2) is 53.4 Å². The number of aliphatic hydroxyl groups excluding tert-OH is 1. The number of carboxylic acids is 1. The minimum atomic E-state index is -0.971. The number of benzene rings is 1. The molecule has 116 valence electrons. The first-order valence-electron chi connectivity index (χ1n) is 7.52. The van der Waals surface area contributed by atoms with Crippen molar-refractivity contribution in [2.75, 3.05) is 26.3 Å². The van der Waals surface area contributed by atoms with Crippen molar-refractivity contribution in [3.8, 4) is 5.75 Å². The van der Waals surface area contributed by atoms with Gasteiger partial charge >= 0.3 is 5.97 Å². The third-order valence-electron chi connectivity index (χ3n) is 3.95. The molecule has 0 heterocycles. The van der Waals surface area contributed by atoms with Crippen molar-refractivity contribution in [2.24, 2.45) is 0 Å². The SMILES string of the molecule is O=C(O)c1ccccc1OCCN(CCCO)C1CCC1. The van der Waals surface area contributed by atoms with Gasteiger partial charge < -0.3 is 14.9 Å². The lowest BCUT2D eigenvalue weighted by atomic mass is 9.91. The molecule has 5 heteroatoms. The first-order valence-corrected chi connectivity index (χ1v) is 7.52. The summed E-state index contributed by atoms with van der Waals surface area (Å²) in [5, 5.41) is 18.1. The summed E-state index contributed by atoms with van der Waals surface area (Å²) in [6, 6.07) is 7.29. The summed E-state index contributed by atoms with van der Waals surface area (Å²) in [6.07, 6.45) is 4.44. The summed E-state index contributed by atoms with van der Waals surface area (Å²) in [4.78, 5) is 13.4. The van der Waals surface area contributed by atoms with Crippen molar-refractivity contribution in [3.05, 3.63) is 29.8 Å². The van der Waals surface area contributed by atoms with Crippen LogP contribution in [0, 0.1) is 0 Å². The van der Waals surface area contributed by atoms with Crippen LogP contribution in [0.2, 0.25) is 0 Å². The maximum absolute atomic E-state index is 11.1. The zero-order valence-corrected chi connectivity index (χ0v) is 12.2. The third-order valence-corrected chi connectivity index (χ3v) is 3.95. The molecule has 1 fully saturated rings. The number of carbonyl (C=O) groups is 1. The Balaban J connectivity index is 1.85. The van der Waals surface area contributed by atoms with E-state index in [2.05, 4.69) is 4.90 Å². The van der Waals surface area contributed by atoms with Crippen LogP contribution < -0.4 is 4.74 Å². The summed E-state index contributed by atoms with van der Waals surface area (Å²) >= 11 is 0. The van der Waals surface area contributed by atoms with Crippen molar-refractivity contribution in [2.45, 2.75) is 31.7 Å². The molecule has 2 N–H and O–H groups in total. The van der Waals surface area contributed by atoms with Crippen LogP contribution >= 0.6 is 0 Å².